The smallest absolute Gasteiger partial charge is 0.112 e. The van der Waals surface area contributed by atoms with E-state index >= 15 is 0 Å². The van der Waals surface area contributed by atoms with Gasteiger partial charge in [-0.3, -0.25) is 0 Å². The van der Waals surface area contributed by atoms with Crippen molar-refractivity contribution in [2.75, 3.05) is 0 Å². The van der Waals surface area contributed by atoms with E-state index in [9.17, 15) is 5.11 Å². The second-order valence-corrected chi connectivity index (χ2v) is 4.59. The van der Waals surface area contributed by atoms with Crippen LogP contribution in [0.3, 0.4) is 0 Å². The van der Waals surface area contributed by atoms with Crippen molar-refractivity contribution in [3.05, 3.63) is 18.2 Å². The molecule has 1 aliphatic rings. The SMILES string of the molecule is CCCn1ccnc1C1CCC(O)C1C. The molecule has 1 fully saturated rings. The van der Waals surface area contributed by atoms with Gasteiger partial charge in [0, 0.05) is 24.9 Å². The Balaban J connectivity index is 2.18. The Labute approximate surface area is 91.1 Å². The number of rotatable bonds is 3. The Kier molecular flexibility index (Phi) is 3.10. The van der Waals surface area contributed by atoms with E-state index in [-0.39, 0.29) is 6.10 Å². The fourth-order valence-corrected chi connectivity index (χ4v) is 2.59. The van der Waals surface area contributed by atoms with E-state index in [1.165, 1.54) is 5.82 Å². The lowest BCUT2D eigenvalue weighted by Crippen LogP contribution is -2.17. The summed E-state index contributed by atoms with van der Waals surface area (Å²) in [4.78, 5) is 4.45. The highest BCUT2D eigenvalue weighted by Gasteiger charge is 2.34. The van der Waals surface area contributed by atoms with Crippen LogP contribution in [-0.4, -0.2) is 20.8 Å². The normalized spacial score (nSPS) is 31.0. The molecular formula is C12H20N2O. The van der Waals surface area contributed by atoms with E-state index in [0.717, 1.165) is 25.8 Å². The largest absolute Gasteiger partial charge is 0.393 e. The van der Waals surface area contributed by atoms with Gasteiger partial charge in [-0.1, -0.05) is 13.8 Å². The van der Waals surface area contributed by atoms with E-state index in [4.69, 9.17) is 0 Å². The van der Waals surface area contributed by atoms with Crippen molar-refractivity contribution in [2.24, 2.45) is 5.92 Å². The zero-order valence-corrected chi connectivity index (χ0v) is 9.56. The number of aryl methyl sites for hydroxylation is 1. The van der Waals surface area contributed by atoms with Crippen LogP contribution in [-0.2, 0) is 6.54 Å². The van der Waals surface area contributed by atoms with E-state index in [1.807, 2.05) is 6.20 Å². The molecule has 1 N–H and O–H groups in total. The first-order valence-electron chi connectivity index (χ1n) is 5.93. The van der Waals surface area contributed by atoms with Crippen LogP contribution >= 0.6 is 0 Å². The quantitative estimate of drug-likeness (QED) is 0.826. The van der Waals surface area contributed by atoms with Crippen LogP contribution in [0.25, 0.3) is 0 Å². The number of nitrogens with zero attached hydrogens (tertiary/aromatic N) is 2. The summed E-state index contributed by atoms with van der Waals surface area (Å²) < 4.78 is 2.24. The number of aliphatic hydroxyl groups excluding tert-OH is 1. The van der Waals surface area contributed by atoms with Crippen molar-refractivity contribution < 1.29 is 5.11 Å². The maximum absolute atomic E-state index is 9.75. The first-order chi connectivity index (χ1) is 7.24. The number of imidazole rings is 1. The Hall–Kier alpha value is -0.830. The predicted octanol–water partition coefficient (Wildman–Crippen LogP) is 2.17. The summed E-state index contributed by atoms with van der Waals surface area (Å²) in [6.07, 6.45) is 6.92. The standard InChI is InChI=1S/C12H20N2O/c1-3-7-14-8-6-13-12(14)10-4-5-11(15)9(10)2/h6,8-11,15H,3-5,7H2,1-2H3. The van der Waals surface area contributed by atoms with Gasteiger partial charge in [0.1, 0.15) is 5.82 Å². The van der Waals surface area contributed by atoms with Crippen molar-refractivity contribution >= 4 is 0 Å². The maximum Gasteiger partial charge on any atom is 0.112 e. The first-order valence-corrected chi connectivity index (χ1v) is 5.93. The summed E-state index contributed by atoms with van der Waals surface area (Å²) in [5.41, 5.74) is 0. The average Bonchev–Trinajstić information content (AvgIpc) is 2.77. The lowest BCUT2D eigenvalue weighted by molar-refractivity contribution is 0.135. The van der Waals surface area contributed by atoms with Gasteiger partial charge in [-0.25, -0.2) is 4.98 Å². The van der Waals surface area contributed by atoms with Crippen molar-refractivity contribution in [2.45, 2.75) is 51.7 Å². The Morgan fingerprint density at radius 1 is 1.53 bits per heavy atom. The van der Waals surface area contributed by atoms with Gasteiger partial charge >= 0.3 is 0 Å². The van der Waals surface area contributed by atoms with E-state index in [2.05, 4.69) is 29.6 Å². The molecule has 3 heteroatoms. The molecule has 1 aromatic heterocycles. The fraction of sp³-hybridized carbons (Fsp3) is 0.750. The van der Waals surface area contributed by atoms with Crippen LogP contribution in [0.1, 0.15) is 44.9 Å². The summed E-state index contributed by atoms with van der Waals surface area (Å²) in [5.74, 6) is 1.96. The molecule has 0 amide bonds. The first kappa shape index (κ1) is 10.7. The summed E-state index contributed by atoms with van der Waals surface area (Å²) >= 11 is 0. The molecule has 1 aliphatic carbocycles. The molecule has 0 bridgehead atoms. The van der Waals surface area contributed by atoms with Gasteiger partial charge in [0.2, 0.25) is 0 Å². The Bertz CT molecular complexity index is 321. The van der Waals surface area contributed by atoms with Crippen LogP contribution in [0.15, 0.2) is 12.4 Å². The molecule has 0 aromatic carbocycles. The zero-order chi connectivity index (χ0) is 10.8. The van der Waals surface area contributed by atoms with Gasteiger partial charge in [0.05, 0.1) is 6.10 Å². The molecule has 1 aromatic rings. The molecule has 3 unspecified atom stereocenters. The van der Waals surface area contributed by atoms with Gasteiger partial charge in [0.25, 0.3) is 0 Å². The number of aromatic nitrogens is 2. The van der Waals surface area contributed by atoms with Crippen LogP contribution in [0.2, 0.25) is 0 Å². The predicted molar refractivity (Wildman–Crippen MR) is 59.7 cm³/mol. The zero-order valence-electron chi connectivity index (χ0n) is 9.56. The lowest BCUT2D eigenvalue weighted by atomic mass is 9.96. The summed E-state index contributed by atoms with van der Waals surface area (Å²) in [5, 5.41) is 9.75. The second-order valence-electron chi connectivity index (χ2n) is 4.59. The third-order valence-electron chi connectivity index (χ3n) is 3.56. The molecule has 15 heavy (non-hydrogen) atoms. The van der Waals surface area contributed by atoms with Crippen LogP contribution in [0.4, 0.5) is 0 Å². The van der Waals surface area contributed by atoms with Gasteiger partial charge in [0.15, 0.2) is 0 Å². The number of aliphatic hydroxyl groups is 1. The van der Waals surface area contributed by atoms with Crippen LogP contribution < -0.4 is 0 Å². The van der Waals surface area contributed by atoms with Crippen molar-refractivity contribution in [1.82, 2.24) is 9.55 Å². The van der Waals surface area contributed by atoms with Crippen LogP contribution in [0.5, 0.6) is 0 Å². The van der Waals surface area contributed by atoms with E-state index in [0.29, 0.717) is 11.8 Å². The minimum absolute atomic E-state index is 0.137. The molecular weight excluding hydrogens is 188 g/mol. The molecule has 0 spiro atoms. The third kappa shape index (κ3) is 1.93. The van der Waals surface area contributed by atoms with Gasteiger partial charge in [-0.05, 0) is 25.2 Å². The van der Waals surface area contributed by atoms with Crippen molar-refractivity contribution in [3.8, 4) is 0 Å². The molecule has 1 saturated carbocycles. The molecule has 0 radical (unpaired) electrons. The molecule has 3 atom stereocenters. The van der Waals surface area contributed by atoms with Gasteiger partial charge < -0.3 is 9.67 Å². The maximum atomic E-state index is 9.75. The minimum atomic E-state index is -0.137. The molecule has 1 heterocycles. The highest BCUT2D eigenvalue weighted by molar-refractivity contribution is 5.06. The van der Waals surface area contributed by atoms with Gasteiger partial charge in [-0.15, -0.1) is 0 Å². The fourth-order valence-electron chi connectivity index (χ4n) is 2.59. The average molecular weight is 208 g/mol. The van der Waals surface area contributed by atoms with Crippen LogP contribution in [0, 0.1) is 5.92 Å². The second kappa shape index (κ2) is 4.35. The highest BCUT2D eigenvalue weighted by atomic mass is 16.3. The van der Waals surface area contributed by atoms with Crippen molar-refractivity contribution in [1.29, 1.82) is 0 Å². The molecule has 2 rings (SSSR count). The molecule has 0 aliphatic heterocycles. The monoisotopic (exact) mass is 208 g/mol. The number of hydrogen-bond acceptors (Lipinski definition) is 2. The topological polar surface area (TPSA) is 38.0 Å². The number of hydrogen-bond donors (Lipinski definition) is 1. The molecule has 84 valence electrons. The molecule has 0 saturated heterocycles. The lowest BCUT2D eigenvalue weighted by Gasteiger charge is -2.18. The van der Waals surface area contributed by atoms with E-state index < -0.39 is 0 Å². The highest BCUT2D eigenvalue weighted by Crippen LogP contribution is 2.38. The summed E-state index contributed by atoms with van der Waals surface area (Å²) in [6.45, 7) is 5.35. The Morgan fingerprint density at radius 3 is 2.93 bits per heavy atom. The van der Waals surface area contributed by atoms with E-state index in [1.54, 1.807) is 0 Å². The summed E-state index contributed by atoms with van der Waals surface area (Å²) in [7, 11) is 0. The molecule has 3 nitrogen and oxygen atoms in total. The van der Waals surface area contributed by atoms with Gasteiger partial charge in [-0.2, -0.15) is 0 Å². The minimum Gasteiger partial charge on any atom is -0.393 e. The third-order valence-corrected chi connectivity index (χ3v) is 3.56. The Morgan fingerprint density at radius 2 is 2.33 bits per heavy atom. The summed E-state index contributed by atoms with van der Waals surface area (Å²) in [6, 6.07) is 0. The van der Waals surface area contributed by atoms with Crippen molar-refractivity contribution in [3.63, 3.8) is 0 Å².